The van der Waals surface area contributed by atoms with Crippen molar-refractivity contribution in [2.45, 2.75) is 0 Å². The molecule has 0 unspecified atom stereocenters. The minimum Gasteiger partial charge on any atom is -0.368 e. The second kappa shape index (κ2) is 7.11. The van der Waals surface area contributed by atoms with E-state index in [1.54, 1.807) is 12.5 Å². The molecule has 18 heteroatoms. The zero-order valence-electron chi connectivity index (χ0n) is 10.7. The molecule has 0 bridgehead atoms. The van der Waals surface area contributed by atoms with E-state index in [4.69, 9.17) is 30.2 Å². The van der Waals surface area contributed by atoms with Crippen LogP contribution in [0.1, 0.15) is 0 Å². The third-order valence-electron chi connectivity index (χ3n) is 1.61. The van der Waals surface area contributed by atoms with Gasteiger partial charge in [-0.15, -0.1) is 0 Å². The number of imidazole rings is 1. The number of nitrogens with two attached hydrogens (primary N) is 1. The van der Waals surface area contributed by atoms with Gasteiger partial charge in [-0.05, 0) is 0 Å². The summed E-state index contributed by atoms with van der Waals surface area (Å²) in [6.45, 7) is 0. The van der Waals surface area contributed by atoms with Crippen LogP contribution in [-0.2, 0) is 22.3 Å². The van der Waals surface area contributed by atoms with Crippen molar-refractivity contribution < 1.29 is 46.8 Å². The Morgan fingerprint density at radius 1 is 1.00 bits per heavy atom. The number of hydrogen-bond donors (Lipinski definition) is 7. The molecule has 0 atom stereocenters. The number of nitrogens with one attached hydrogen (secondary N) is 1. The summed E-state index contributed by atoms with van der Waals surface area (Å²) in [7, 11) is -16.2. The summed E-state index contributed by atoms with van der Waals surface area (Å²) in [6, 6.07) is 0. The molecule has 8 N–H and O–H groups in total. The first-order valence-electron chi connectivity index (χ1n) is 5.05. The fraction of sp³-hybridized carbons (Fsp3) is 0. The van der Waals surface area contributed by atoms with Crippen LogP contribution in [0.4, 0.5) is 5.95 Å². The lowest BCUT2D eigenvalue weighted by atomic mass is 10.6. The van der Waals surface area contributed by atoms with Gasteiger partial charge in [0.2, 0.25) is 5.95 Å². The summed E-state index contributed by atoms with van der Waals surface area (Å²) in [4.78, 5) is 54.6. The van der Waals surface area contributed by atoms with E-state index in [0.717, 1.165) is 5.52 Å². The van der Waals surface area contributed by atoms with E-state index in [1.807, 2.05) is 0 Å². The number of nitrogen functional groups attached to an aromatic ring is 1. The summed E-state index contributed by atoms with van der Waals surface area (Å²) in [5.74, 6) is 0.250. The summed E-state index contributed by atoms with van der Waals surface area (Å²) in [5, 5.41) is 0. The number of nitrogens with zero attached hydrogens (tertiary/aromatic N) is 3. The number of phosphoric acid groups is 3. The van der Waals surface area contributed by atoms with Crippen molar-refractivity contribution in [1.82, 2.24) is 19.9 Å². The molecule has 0 radical (unpaired) electrons. The van der Waals surface area contributed by atoms with E-state index < -0.39 is 23.5 Å². The molecule has 2 heterocycles. The van der Waals surface area contributed by atoms with Gasteiger partial charge in [-0.25, -0.2) is 23.7 Å². The Morgan fingerprint density at radius 2 is 1.52 bits per heavy atom. The Balaban J connectivity index is 0.000000235. The molecule has 2 rings (SSSR count). The maximum Gasteiger partial charge on any atom is 0.490 e. The van der Waals surface area contributed by atoms with Crippen molar-refractivity contribution in [3.8, 4) is 0 Å². The Morgan fingerprint density at radius 3 is 2.00 bits per heavy atom. The van der Waals surface area contributed by atoms with Gasteiger partial charge in [-0.1, -0.05) is 0 Å². The molecule has 0 aliphatic carbocycles. The van der Waals surface area contributed by atoms with E-state index in [2.05, 4.69) is 28.6 Å². The van der Waals surface area contributed by atoms with Crippen LogP contribution in [0, 0.1) is 0 Å². The second-order valence-corrected chi connectivity index (χ2v) is 7.69. The van der Waals surface area contributed by atoms with E-state index in [-0.39, 0.29) is 5.95 Å². The summed E-state index contributed by atoms with van der Waals surface area (Å²) in [6.07, 6.45) is 3.16. The third kappa shape index (κ3) is 8.25. The first-order valence-corrected chi connectivity index (χ1v) is 9.61. The lowest BCUT2D eigenvalue weighted by Gasteiger charge is -2.11. The van der Waals surface area contributed by atoms with Crippen LogP contribution in [0.3, 0.4) is 0 Å². The van der Waals surface area contributed by atoms with Crippen molar-refractivity contribution in [1.29, 1.82) is 0 Å². The predicted octanol–water partition coefficient (Wildman–Crippen LogP) is -0.760. The molecule has 23 heavy (non-hydrogen) atoms. The van der Waals surface area contributed by atoms with Gasteiger partial charge in [-0.3, -0.25) is 0 Å². The van der Waals surface area contributed by atoms with Gasteiger partial charge in [0, 0.05) is 0 Å². The van der Waals surface area contributed by atoms with Crippen LogP contribution >= 0.6 is 23.5 Å². The fourth-order valence-corrected chi connectivity index (χ4v) is 3.57. The maximum absolute atomic E-state index is 10.4. The minimum absolute atomic E-state index is 0.250. The number of anilines is 1. The van der Waals surface area contributed by atoms with Gasteiger partial charge in [0.15, 0.2) is 5.65 Å². The van der Waals surface area contributed by atoms with E-state index in [1.165, 1.54) is 0 Å². The normalized spacial score (nSPS) is 12.7. The summed E-state index contributed by atoms with van der Waals surface area (Å²) in [5.41, 5.74) is 6.71. The number of aromatic nitrogens is 4. The quantitative estimate of drug-likeness (QED) is 0.315. The molecule has 0 spiro atoms. The molecule has 15 nitrogen and oxygen atoms in total. The van der Waals surface area contributed by atoms with Crippen LogP contribution in [0.2, 0.25) is 0 Å². The van der Waals surface area contributed by atoms with Crippen molar-refractivity contribution in [3.05, 3.63) is 12.5 Å². The third-order valence-corrected chi connectivity index (χ3v) is 4.97. The minimum atomic E-state index is -5.46. The summed E-state index contributed by atoms with van der Waals surface area (Å²) >= 11 is 0. The van der Waals surface area contributed by atoms with Crippen molar-refractivity contribution in [2.75, 3.05) is 5.73 Å². The predicted molar refractivity (Wildman–Crippen MR) is 72.2 cm³/mol. The van der Waals surface area contributed by atoms with Crippen LogP contribution < -0.4 is 5.73 Å². The maximum atomic E-state index is 10.4. The molecule has 0 saturated heterocycles. The molecular formula is C5H10N5O10P3. The molecule has 0 saturated carbocycles. The topological polar surface area (TPSA) is 251 Å². The second-order valence-electron chi connectivity index (χ2n) is 3.48. The Bertz CT molecular complexity index is 782. The van der Waals surface area contributed by atoms with Gasteiger partial charge in [0.1, 0.15) is 5.52 Å². The molecule has 130 valence electrons. The van der Waals surface area contributed by atoms with Crippen molar-refractivity contribution in [2.24, 2.45) is 0 Å². The average Bonchev–Trinajstić information content (AvgIpc) is 2.69. The highest BCUT2D eigenvalue weighted by Crippen LogP contribution is 2.64. The lowest BCUT2D eigenvalue weighted by molar-refractivity contribution is 0.204. The number of rotatable bonds is 4. The SMILES string of the molecule is Nc1ncc2[nH]cnc2n1.O=P(O)(O)OP(=O)(O)OP(=O)(O)O. The smallest absolute Gasteiger partial charge is 0.368 e. The van der Waals surface area contributed by atoms with Crippen LogP contribution in [-0.4, -0.2) is 44.4 Å². The first-order chi connectivity index (χ1) is 10.3. The summed E-state index contributed by atoms with van der Waals surface area (Å²) < 4.78 is 36.4. The standard InChI is InChI=1S/C5H5N5.H5O10P3/c6-5-7-1-3-4(10-5)9-2-8-3;1-11(2,3)9-13(7,8)10-12(4,5)6/h1-2H,(H3,6,7,8,9,10);(H,7,8)(H2,1,2,3)(H2,4,5,6). The molecule has 0 aliphatic heterocycles. The van der Waals surface area contributed by atoms with Crippen LogP contribution in [0.15, 0.2) is 12.5 Å². The number of aromatic amines is 1. The molecule has 2 aromatic heterocycles. The zero-order valence-corrected chi connectivity index (χ0v) is 13.4. The highest BCUT2D eigenvalue weighted by atomic mass is 31.3. The van der Waals surface area contributed by atoms with Crippen molar-refractivity contribution in [3.63, 3.8) is 0 Å². The van der Waals surface area contributed by atoms with E-state index in [9.17, 15) is 13.7 Å². The Kier molecular flexibility index (Phi) is 6.12. The monoisotopic (exact) mass is 393 g/mol. The lowest BCUT2D eigenvalue weighted by Crippen LogP contribution is -1.93. The first kappa shape index (κ1) is 19.8. The molecule has 0 aliphatic rings. The molecular weight excluding hydrogens is 383 g/mol. The molecule has 2 aromatic rings. The average molecular weight is 393 g/mol. The number of hydrogen-bond acceptors (Lipinski definition) is 9. The largest absolute Gasteiger partial charge is 0.490 e. The highest BCUT2D eigenvalue weighted by molar-refractivity contribution is 7.66. The fourth-order valence-electron chi connectivity index (χ4n) is 1.03. The van der Waals surface area contributed by atoms with Gasteiger partial charge >= 0.3 is 23.5 Å². The zero-order chi connectivity index (χ0) is 17.9. The molecule has 0 amide bonds. The van der Waals surface area contributed by atoms with Crippen LogP contribution in [0.25, 0.3) is 11.2 Å². The van der Waals surface area contributed by atoms with Gasteiger partial charge in [-0.2, -0.15) is 13.6 Å². The Hall–Kier alpha value is -1.24. The number of fused-ring (bicyclic) bond motifs is 1. The van der Waals surface area contributed by atoms with Gasteiger partial charge < -0.3 is 35.2 Å². The highest BCUT2D eigenvalue weighted by Gasteiger charge is 2.38. The van der Waals surface area contributed by atoms with Crippen molar-refractivity contribution >= 4 is 40.6 Å². The molecule has 0 aromatic carbocycles. The molecule has 0 fully saturated rings. The van der Waals surface area contributed by atoms with Gasteiger partial charge in [0.05, 0.1) is 12.5 Å². The van der Waals surface area contributed by atoms with Crippen LogP contribution in [0.5, 0.6) is 0 Å². The van der Waals surface area contributed by atoms with E-state index in [0.29, 0.717) is 5.65 Å². The number of H-pyrrole nitrogens is 1. The van der Waals surface area contributed by atoms with Gasteiger partial charge in [0.25, 0.3) is 0 Å². The Labute approximate surface area is 126 Å². The van der Waals surface area contributed by atoms with E-state index >= 15 is 0 Å².